The van der Waals surface area contributed by atoms with E-state index >= 15 is 0 Å². The second kappa shape index (κ2) is 5.17. The van der Waals surface area contributed by atoms with Crippen LogP contribution in [-0.4, -0.2) is 32.6 Å². The number of amides is 2. The van der Waals surface area contributed by atoms with Crippen LogP contribution in [0, 0.1) is 5.92 Å². The SMILES string of the molecule is COc1ccc(OC)c(N2C[C@@H](C(N)=O)CC2=O)c1. The average Bonchev–Trinajstić information content (AvgIpc) is 2.80. The van der Waals surface area contributed by atoms with E-state index in [1.54, 1.807) is 25.3 Å². The number of hydrogen-bond acceptors (Lipinski definition) is 4. The summed E-state index contributed by atoms with van der Waals surface area (Å²) >= 11 is 0. The van der Waals surface area contributed by atoms with Crippen LogP contribution in [0.25, 0.3) is 0 Å². The molecule has 1 aromatic rings. The van der Waals surface area contributed by atoms with Gasteiger partial charge >= 0.3 is 0 Å². The lowest BCUT2D eigenvalue weighted by atomic mass is 10.1. The van der Waals surface area contributed by atoms with Crippen LogP contribution in [0.1, 0.15) is 6.42 Å². The lowest BCUT2D eigenvalue weighted by Crippen LogP contribution is -2.28. The van der Waals surface area contributed by atoms with Gasteiger partial charge in [0.2, 0.25) is 11.8 Å². The van der Waals surface area contributed by atoms with Gasteiger partial charge in [0.05, 0.1) is 25.8 Å². The van der Waals surface area contributed by atoms with E-state index in [1.165, 1.54) is 12.0 Å². The number of methoxy groups -OCH3 is 2. The molecule has 102 valence electrons. The van der Waals surface area contributed by atoms with Gasteiger partial charge in [-0.25, -0.2) is 0 Å². The lowest BCUT2D eigenvalue weighted by Gasteiger charge is -2.20. The van der Waals surface area contributed by atoms with Crippen LogP contribution in [0.3, 0.4) is 0 Å². The Morgan fingerprint density at radius 1 is 1.37 bits per heavy atom. The third kappa shape index (κ3) is 2.47. The largest absolute Gasteiger partial charge is 0.497 e. The number of hydrogen-bond donors (Lipinski definition) is 1. The zero-order valence-corrected chi connectivity index (χ0v) is 10.9. The first-order valence-electron chi connectivity index (χ1n) is 5.88. The van der Waals surface area contributed by atoms with E-state index in [2.05, 4.69) is 0 Å². The van der Waals surface area contributed by atoms with Gasteiger partial charge in [-0.05, 0) is 12.1 Å². The fraction of sp³-hybridized carbons (Fsp3) is 0.385. The van der Waals surface area contributed by atoms with Gasteiger partial charge < -0.3 is 20.1 Å². The Hall–Kier alpha value is -2.24. The van der Waals surface area contributed by atoms with Crippen molar-refractivity contribution in [2.24, 2.45) is 11.7 Å². The van der Waals surface area contributed by atoms with Crippen molar-refractivity contribution in [3.63, 3.8) is 0 Å². The van der Waals surface area contributed by atoms with E-state index < -0.39 is 11.8 Å². The molecule has 0 aromatic heterocycles. The van der Waals surface area contributed by atoms with Crippen molar-refractivity contribution >= 4 is 17.5 Å². The summed E-state index contributed by atoms with van der Waals surface area (Å²) in [5.41, 5.74) is 5.85. The highest BCUT2D eigenvalue weighted by atomic mass is 16.5. The molecule has 1 aromatic carbocycles. The molecule has 6 nitrogen and oxygen atoms in total. The van der Waals surface area contributed by atoms with Gasteiger partial charge in [-0.2, -0.15) is 0 Å². The summed E-state index contributed by atoms with van der Waals surface area (Å²) in [6.07, 6.45) is 0.135. The maximum Gasteiger partial charge on any atom is 0.227 e. The second-order valence-corrected chi connectivity index (χ2v) is 4.35. The number of nitrogens with two attached hydrogens (primary N) is 1. The van der Waals surface area contributed by atoms with Crippen LogP contribution in [0.2, 0.25) is 0 Å². The molecule has 0 radical (unpaired) electrons. The van der Waals surface area contributed by atoms with Crippen LogP contribution in [0.4, 0.5) is 5.69 Å². The fourth-order valence-electron chi connectivity index (χ4n) is 2.14. The number of carbonyl (C=O) groups is 2. The normalized spacial score (nSPS) is 18.5. The molecule has 2 amide bonds. The molecular formula is C13H16N2O4. The highest BCUT2D eigenvalue weighted by Crippen LogP contribution is 2.35. The van der Waals surface area contributed by atoms with E-state index in [9.17, 15) is 9.59 Å². The van der Waals surface area contributed by atoms with E-state index in [1.807, 2.05) is 0 Å². The maximum absolute atomic E-state index is 12.0. The fourth-order valence-corrected chi connectivity index (χ4v) is 2.14. The van der Waals surface area contributed by atoms with Gasteiger partial charge in [0.15, 0.2) is 0 Å². The van der Waals surface area contributed by atoms with Gasteiger partial charge in [0.25, 0.3) is 0 Å². The molecule has 0 unspecified atom stereocenters. The van der Waals surface area contributed by atoms with E-state index in [-0.39, 0.29) is 18.9 Å². The van der Waals surface area contributed by atoms with Crippen molar-refractivity contribution in [1.29, 1.82) is 0 Å². The third-order valence-electron chi connectivity index (χ3n) is 3.20. The number of anilines is 1. The minimum absolute atomic E-state index is 0.135. The summed E-state index contributed by atoms with van der Waals surface area (Å²) in [5, 5.41) is 0. The molecule has 0 saturated carbocycles. The van der Waals surface area contributed by atoms with Crippen molar-refractivity contribution in [3.8, 4) is 11.5 Å². The first-order chi connectivity index (χ1) is 9.06. The molecule has 19 heavy (non-hydrogen) atoms. The van der Waals surface area contributed by atoms with Crippen LogP contribution in [0.15, 0.2) is 18.2 Å². The number of ether oxygens (including phenoxy) is 2. The van der Waals surface area contributed by atoms with Crippen molar-refractivity contribution < 1.29 is 19.1 Å². The number of primary amides is 1. The number of benzene rings is 1. The molecular weight excluding hydrogens is 248 g/mol. The minimum Gasteiger partial charge on any atom is -0.497 e. The number of carbonyl (C=O) groups excluding carboxylic acids is 2. The summed E-state index contributed by atoms with van der Waals surface area (Å²) in [6.45, 7) is 0.275. The van der Waals surface area contributed by atoms with Crippen molar-refractivity contribution in [2.75, 3.05) is 25.7 Å². The highest BCUT2D eigenvalue weighted by Gasteiger charge is 2.35. The molecule has 1 saturated heterocycles. The monoisotopic (exact) mass is 264 g/mol. The smallest absolute Gasteiger partial charge is 0.227 e. The van der Waals surface area contributed by atoms with Gasteiger partial charge in [0, 0.05) is 19.0 Å². The summed E-state index contributed by atoms with van der Waals surface area (Å²) in [4.78, 5) is 24.7. The molecule has 1 fully saturated rings. The van der Waals surface area contributed by atoms with Crippen LogP contribution < -0.4 is 20.1 Å². The maximum atomic E-state index is 12.0. The predicted octanol–water partition coefficient (Wildman–Crippen LogP) is 0.542. The molecule has 6 heteroatoms. The predicted molar refractivity (Wildman–Crippen MR) is 69.2 cm³/mol. The number of rotatable bonds is 4. The second-order valence-electron chi connectivity index (χ2n) is 4.35. The topological polar surface area (TPSA) is 81.9 Å². The molecule has 2 N–H and O–H groups in total. The van der Waals surface area contributed by atoms with Crippen LogP contribution >= 0.6 is 0 Å². The van der Waals surface area contributed by atoms with Crippen molar-refractivity contribution in [2.45, 2.75) is 6.42 Å². The van der Waals surface area contributed by atoms with Crippen molar-refractivity contribution in [1.82, 2.24) is 0 Å². The standard InChI is InChI=1S/C13H16N2O4/c1-18-9-3-4-11(19-2)10(6-9)15-7-8(13(14)17)5-12(15)16/h3-4,6,8H,5,7H2,1-2H3,(H2,14,17)/t8-/m0/s1. The van der Waals surface area contributed by atoms with Gasteiger partial charge in [-0.1, -0.05) is 0 Å². The Balaban J connectivity index is 2.35. The molecule has 0 spiro atoms. The molecule has 1 aliphatic heterocycles. The highest BCUT2D eigenvalue weighted by molar-refractivity contribution is 6.01. The Morgan fingerprint density at radius 2 is 2.11 bits per heavy atom. The molecule has 1 aliphatic rings. The van der Waals surface area contributed by atoms with Gasteiger partial charge in [-0.3, -0.25) is 9.59 Å². The zero-order valence-electron chi connectivity index (χ0n) is 10.9. The number of nitrogens with zero attached hydrogens (tertiary/aromatic N) is 1. The zero-order chi connectivity index (χ0) is 14.0. The third-order valence-corrected chi connectivity index (χ3v) is 3.20. The summed E-state index contributed by atoms with van der Waals surface area (Å²) in [5.74, 6) is 0.113. The molecule has 0 aliphatic carbocycles. The Bertz CT molecular complexity index is 515. The molecule has 2 rings (SSSR count). The van der Waals surface area contributed by atoms with E-state index in [0.717, 1.165) is 0 Å². The van der Waals surface area contributed by atoms with Crippen LogP contribution in [0.5, 0.6) is 11.5 Å². The first kappa shape index (κ1) is 13.2. The molecule has 1 atom stereocenters. The summed E-state index contributed by atoms with van der Waals surface area (Å²) in [7, 11) is 3.07. The molecule has 1 heterocycles. The minimum atomic E-state index is -0.460. The van der Waals surface area contributed by atoms with Crippen LogP contribution in [-0.2, 0) is 9.59 Å². The quantitative estimate of drug-likeness (QED) is 0.860. The van der Waals surface area contributed by atoms with E-state index in [4.69, 9.17) is 15.2 Å². The Labute approximate surface area is 111 Å². The lowest BCUT2D eigenvalue weighted by molar-refractivity contribution is -0.123. The molecule has 0 bridgehead atoms. The van der Waals surface area contributed by atoms with Crippen molar-refractivity contribution in [3.05, 3.63) is 18.2 Å². The average molecular weight is 264 g/mol. The first-order valence-corrected chi connectivity index (χ1v) is 5.88. The van der Waals surface area contributed by atoms with Gasteiger partial charge in [0.1, 0.15) is 11.5 Å². The Kier molecular flexibility index (Phi) is 3.59. The van der Waals surface area contributed by atoms with Gasteiger partial charge in [-0.15, -0.1) is 0 Å². The summed E-state index contributed by atoms with van der Waals surface area (Å²) < 4.78 is 10.4. The Morgan fingerprint density at radius 3 is 2.63 bits per heavy atom. The van der Waals surface area contributed by atoms with E-state index in [0.29, 0.717) is 17.2 Å². The summed E-state index contributed by atoms with van der Waals surface area (Å²) in [6, 6.07) is 5.17.